The van der Waals surface area contributed by atoms with E-state index in [1.54, 1.807) is 36.4 Å². The van der Waals surface area contributed by atoms with Crippen molar-refractivity contribution in [1.82, 2.24) is 9.97 Å². The van der Waals surface area contributed by atoms with Crippen LogP contribution in [0.25, 0.3) is 12.2 Å². The van der Waals surface area contributed by atoms with Crippen molar-refractivity contribution in [2.75, 3.05) is 6.61 Å². The maximum Gasteiger partial charge on any atom is 0.395 e. The lowest BCUT2D eigenvalue weighted by Crippen LogP contribution is -2.14. The number of benzene rings is 1. The van der Waals surface area contributed by atoms with Gasteiger partial charge in [-0.2, -0.15) is 4.98 Å². The van der Waals surface area contributed by atoms with E-state index in [2.05, 4.69) is 16.5 Å². The summed E-state index contributed by atoms with van der Waals surface area (Å²) in [6.45, 7) is 3.90. The van der Waals surface area contributed by atoms with Crippen LogP contribution in [0.15, 0.2) is 41.7 Å². The number of hydrogen-bond acceptors (Lipinski definition) is 6. The van der Waals surface area contributed by atoms with Crippen LogP contribution in [0.4, 0.5) is 5.69 Å². The quantitative estimate of drug-likeness (QED) is 0.479. The summed E-state index contributed by atoms with van der Waals surface area (Å²) >= 11 is 0. The molecule has 1 aromatic heterocycles. The summed E-state index contributed by atoms with van der Waals surface area (Å²) in [6, 6.07) is 7.13. The van der Waals surface area contributed by atoms with Crippen molar-refractivity contribution < 1.29 is 14.8 Å². The van der Waals surface area contributed by atoms with Gasteiger partial charge in [-0.1, -0.05) is 30.9 Å². The van der Waals surface area contributed by atoms with Gasteiger partial charge in [-0.05, 0) is 18.2 Å². The molecule has 0 saturated heterocycles. The molecule has 8 nitrogen and oxygen atoms in total. The number of nitrogens with zero attached hydrogens (tertiary/aromatic N) is 2. The Kier molecular flexibility index (Phi) is 4.88. The maximum atomic E-state index is 11.6. The van der Waals surface area contributed by atoms with Crippen LogP contribution < -0.4 is 10.3 Å². The third kappa shape index (κ3) is 3.82. The van der Waals surface area contributed by atoms with Gasteiger partial charge in [-0.3, -0.25) is 14.9 Å². The molecule has 0 spiro atoms. The maximum absolute atomic E-state index is 11.6. The number of para-hydroxylation sites is 1. The van der Waals surface area contributed by atoms with Crippen LogP contribution in [0.2, 0.25) is 0 Å². The summed E-state index contributed by atoms with van der Waals surface area (Å²) in [5, 5.41) is 20.1. The fourth-order valence-electron chi connectivity index (χ4n) is 1.78. The lowest BCUT2D eigenvalue weighted by Gasteiger charge is -2.06. The van der Waals surface area contributed by atoms with Crippen molar-refractivity contribution in [1.29, 1.82) is 0 Å². The number of aromatic hydroxyl groups is 1. The summed E-state index contributed by atoms with van der Waals surface area (Å²) in [7, 11) is 0. The fourth-order valence-corrected chi connectivity index (χ4v) is 1.78. The number of aromatic amines is 1. The number of H-pyrrole nitrogens is 1. The molecule has 1 aromatic carbocycles. The number of aromatic nitrogens is 2. The molecule has 0 aliphatic carbocycles. The highest BCUT2D eigenvalue weighted by molar-refractivity contribution is 5.70. The Balaban J connectivity index is 2.33. The van der Waals surface area contributed by atoms with Gasteiger partial charge in [0.1, 0.15) is 18.2 Å². The van der Waals surface area contributed by atoms with Gasteiger partial charge in [0.15, 0.2) is 0 Å². The molecule has 8 heteroatoms. The summed E-state index contributed by atoms with van der Waals surface area (Å²) in [5.41, 5.74) is -1.31. The standard InChI is InChI=1S/C15H13N3O5/c1-2-9-23-11-6-4-3-5-10(11)7-8-12-16-14(19)13(18(21)22)15(20)17-12/h2-8H,1,9H2,(H2,16,17,19,20). The Morgan fingerprint density at radius 3 is 2.78 bits per heavy atom. The van der Waals surface area contributed by atoms with Crippen molar-refractivity contribution >= 4 is 17.8 Å². The molecule has 0 amide bonds. The van der Waals surface area contributed by atoms with Gasteiger partial charge in [0, 0.05) is 5.56 Å². The molecule has 2 N–H and O–H groups in total. The minimum atomic E-state index is -1.03. The highest BCUT2D eigenvalue weighted by Crippen LogP contribution is 2.21. The van der Waals surface area contributed by atoms with E-state index in [4.69, 9.17) is 4.74 Å². The van der Waals surface area contributed by atoms with Crippen LogP contribution in [0.3, 0.4) is 0 Å². The van der Waals surface area contributed by atoms with Crippen molar-refractivity contribution in [2.45, 2.75) is 0 Å². The van der Waals surface area contributed by atoms with E-state index in [1.807, 2.05) is 0 Å². The van der Waals surface area contributed by atoms with Crippen molar-refractivity contribution in [2.24, 2.45) is 0 Å². The summed E-state index contributed by atoms with van der Waals surface area (Å²) < 4.78 is 5.47. The SMILES string of the molecule is C=CCOc1ccccc1C=Cc1nc(O)c([N+](=O)[O-])c(=O)[nH]1. The van der Waals surface area contributed by atoms with E-state index in [-0.39, 0.29) is 5.82 Å². The van der Waals surface area contributed by atoms with Crippen molar-refractivity contribution in [3.63, 3.8) is 0 Å². The van der Waals surface area contributed by atoms with Crippen LogP contribution >= 0.6 is 0 Å². The Bertz CT molecular complexity index is 826. The van der Waals surface area contributed by atoms with E-state index in [1.165, 1.54) is 6.08 Å². The van der Waals surface area contributed by atoms with Crippen LogP contribution in [0.5, 0.6) is 11.6 Å². The van der Waals surface area contributed by atoms with Gasteiger partial charge < -0.3 is 14.8 Å². The van der Waals surface area contributed by atoms with E-state index >= 15 is 0 Å². The molecule has 0 bridgehead atoms. The van der Waals surface area contributed by atoms with Crippen molar-refractivity contribution in [3.8, 4) is 11.6 Å². The topological polar surface area (TPSA) is 118 Å². The number of nitrogens with one attached hydrogen (secondary N) is 1. The molecule has 23 heavy (non-hydrogen) atoms. The predicted molar refractivity (Wildman–Crippen MR) is 84.2 cm³/mol. The monoisotopic (exact) mass is 315 g/mol. The molecular formula is C15H13N3O5. The first-order chi connectivity index (χ1) is 11.0. The molecule has 0 atom stereocenters. The van der Waals surface area contributed by atoms with Crippen LogP contribution in [0.1, 0.15) is 11.4 Å². The molecule has 0 aliphatic heterocycles. The zero-order valence-electron chi connectivity index (χ0n) is 11.9. The third-order valence-electron chi connectivity index (χ3n) is 2.77. The minimum Gasteiger partial charge on any atom is -0.489 e. The second-order valence-corrected chi connectivity index (χ2v) is 4.35. The van der Waals surface area contributed by atoms with Gasteiger partial charge >= 0.3 is 11.2 Å². The molecule has 0 saturated carbocycles. The highest BCUT2D eigenvalue weighted by atomic mass is 16.6. The molecule has 0 aliphatic rings. The summed E-state index contributed by atoms with van der Waals surface area (Å²) in [4.78, 5) is 27.0. The Hall–Kier alpha value is -3.42. The van der Waals surface area contributed by atoms with Crippen molar-refractivity contribution in [3.05, 3.63) is 68.8 Å². The average Bonchev–Trinajstić information content (AvgIpc) is 2.50. The smallest absolute Gasteiger partial charge is 0.395 e. The van der Waals surface area contributed by atoms with Gasteiger partial charge in [0.2, 0.25) is 0 Å². The van der Waals surface area contributed by atoms with E-state index < -0.39 is 22.0 Å². The number of hydrogen-bond donors (Lipinski definition) is 2. The first kappa shape index (κ1) is 16.0. The lowest BCUT2D eigenvalue weighted by atomic mass is 10.2. The molecule has 1 heterocycles. The van der Waals surface area contributed by atoms with Gasteiger partial charge in [0.05, 0.1) is 4.92 Å². The molecule has 0 radical (unpaired) electrons. The van der Waals surface area contributed by atoms with E-state index in [0.717, 1.165) is 0 Å². The molecule has 2 aromatic rings. The highest BCUT2D eigenvalue weighted by Gasteiger charge is 2.21. The fraction of sp³-hybridized carbons (Fsp3) is 0.0667. The second kappa shape index (κ2) is 7.03. The van der Waals surface area contributed by atoms with E-state index in [0.29, 0.717) is 17.9 Å². The van der Waals surface area contributed by atoms with Crippen LogP contribution in [0, 0.1) is 10.1 Å². The Morgan fingerprint density at radius 1 is 1.39 bits per heavy atom. The summed E-state index contributed by atoms with van der Waals surface area (Å²) in [6.07, 6.45) is 4.61. The Labute approximate surface area is 130 Å². The molecule has 0 fully saturated rings. The third-order valence-corrected chi connectivity index (χ3v) is 2.77. The largest absolute Gasteiger partial charge is 0.489 e. The normalized spacial score (nSPS) is 10.6. The molecule has 2 rings (SSSR count). The molecule has 0 unspecified atom stereocenters. The number of nitro groups is 1. The van der Waals surface area contributed by atoms with Crippen LogP contribution in [-0.4, -0.2) is 26.6 Å². The zero-order valence-corrected chi connectivity index (χ0v) is 11.9. The van der Waals surface area contributed by atoms with Gasteiger partial charge in [-0.25, -0.2) is 0 Å². The van der Waals surface area contributed by atoms with Gasteiger partial charge in [-0.15, -0.1) is 0 Å². The first-order valence-corrected chi connectivity index (χ1v) is 6.51. The van der Waals surface area contributed by atoms with Crippen LogP contribution in [-0.2, 0) is 0 Å². The first-order valence-electron chi connectivity index (χ1n) is 6.51. The molecular weight excluding hydrogens is 302 g/mol. The predicted octanol–water partition coefficient (Wildman–Crippen LogP) is 2.12. The zero-order chi connectivity index (χ0) is 16.8. The Morgan fingerprint density at radius 2 is 2.13 bits per heavy atom. The minimum absolute atomic E-state index is 0.0170. The lowest BCUT2D eigenvalue weighted by molar-refractivity contribution is -0.387. The molecule has 118 valence electrons. The number of ether oxygens (including phenoxy) is 1. The number of rotatable bonds is 6. The van der Waals surface area contributed by atoms with E-state index in [9.17, 15) is 20.0 Å². The average molecular weight is 315 g/mol. The van der Waals surface area contributed by atoms with Gasteiger partial charge in [0.25, 0.3) is 5.88 Å². The second-order valence-electron chi connectivity index (χ2n) is 4.35. The summed E-state index contributed by atoms with van der Waals surface area (Å²) in [5.74, 6) is -0.358.